The van der Waals surface area contributed by atoms with Crippen molar-refractivity contribution < 1.29 is 88.7 Å². The van der Waals surface area contributed by atoms with Crippen LogP contribution >= 0.6 is 0 Å². The molecule has 6 atom stereocenters. The highest BCUT2D eigenvalue weighted by atomic mass is 19.2. The molecule has 0 spiro atoms. The molecule has 12 heterocycles. The number of phenols is 3. The SMILES string of the molecule is C=CC(=O)N1CC2C(=O)N(C)c3c(c4cc(F)c(-c5c(O)cccc5F)c(F)c4n(-c4c(C#N)ccnc4C(C)C)c3=O)N2CC1C.C=CC(=O)N1CC2C(=O)N(C)c3c(c4cc(F)c(-c5c(O)cccc5F)c(F)c4n(-c4c(CC)ccnc4C(C)C)c3=O)N2CC1C.C=CC(=O)N1CC2C(=O)N(C)c3c(c4cc(F)c(-c5c(O)cccc5F)c(F)c4n(-c4c(CO)ccnc4C(C)C)c3=O)N2CC1C. The van der Waals surface area contributed by atoms with Gasteiger partial charge in [0.1, 0.15) is 93.4 Å². The summed E-state index contributed by atoms with van der Waals surface area (Å²) < 4.78 is 149. The fraction of sp³-hybridized carbons (Fsp3) is 0.291. The van der Waals surface area contributed by atoms with E-state index in [1.165, 1.54) is 83.5 Å². The molecule has 6 aromatic heterocycles. The monoisotopic (exact) mass is 1930 g/mol. The maximum absolute atomic E-state index is 17.3. The summed E-state index contributed by atoms with van der Waals surface area (Å²) in [5.74, 6) is -16.8. The fourth-order valence-electron chi connectivity index (χ4n) is 20.3. The van der Waals surface area contributed by atoms with Gasteiger partial charge < -0.3 is 64.5 Å². The van der Waals surface area contributed by atoms with Crippen molar-refractivity contribution in [2.24, 2.45) is 0 Å². The van der Waals surface area contributed by atoms with E-state index in [0.717, 1.165) is 96.3 Å². The molecule has 6 aromatic carbocycles. The molecule has 0 radical (unpaired) electrons. The van der Waals surface area contributed by atoms with Crippen molar-refractivity contribution in [2.75, 3.05) is 89.8 Å². The number of amides is 6. The third-order valence-electron chi connectivity index (χ3n) is 26.9. The number of likely N-dealkylation sites (N-methyl/N-ethyl adjacent to an activating group) is 3. The fourth-order valence-corrected chi connectivity index (χ4v) is 20.3. The Balaban J connectivity index is 0.000000152. The number of carbonyl (C=O) groups is 6. The second kappa shape index (κ2) is 37.4. The lowest BCUT2D eigenvalue weighted by Crippen LogP contribution is -2.66. The molecule has 4 N–H and O–H groups in total. The number of aryl methyl sites for hydroxylation is 1. The van der Waals surface area contributed by atoms with Crippen molar-refractivity contribution in [1.29, 1.82) is 5.26 Å². The Labute approximate surface area is 800 Å². The van der Waals surface area contributed by atoms with Crippen LogP contribution in [0.3, 0.4) is 0 Å². The highest BCUT2D eigenvalue weighted by Crippen LogP contribution is 2.52. The van der Waals surface area contributed by atoms with E-state index in [0.29, 0.717) is 23.4 Å². The number of aromatic hydroxyl groups is 3. The third kappa shape index (κ3) is 15.6. The number of benzene rings is 6. The minimum absolute atomic E-state index is 0.0159. The Morgan fingerprint density at radius 1 is 0.411 bits per heavy atom. The predicted octanol–water partition coefficient (Wildman–Crippen LogP) is 14.5. The number of fused-ring (bicyclic) bond motifs is 15. The van der Waals surface area contributed by atoms with E-state index in [4.69, 9.17) is 0 Å². The van der Waals surface area contributed by atoms with Gasteiger partial charge in [0.25, 0.3) is 34.4 Å². The number of pyridine rings is 6. The number of halogens is 9. The van der Waals surface area contributed by atoms with Crippen LogP contribution in [0.15, 0.2) is 162 Å². The van der Waals surface area contributed by atoms with Gasteiger partial charge in [0.15, 0.2) is 17.5 Å². The smallest absolute Gasteiger partial charge is 0.281 e. The molecule has 728 valence electrons. The van der Waals surface area contributed by atoms with Crippen molar-refractivity contribution in [3.63, 3.8) is 0 Å². The normalized spacial score (nSPS) is 17.7. The predicted molar refractivity (Wildman–Crippen MR) is 513 cm³/mol. The molecule has 18 rings (SSSR count). The summed E-state index contributed by atoms with van der Waals surface area (Å²) in [6.07, 6.45) is 8.22. The zero-order valence-corrected chi connectivity index (χ0v) is 78.6. The zero-order chi connectivity index (χ0) is 102. The van der Waals surface area contributed by atoms with Crippen LogP contribution in [-0.2, 0) is 41.8 Å². The Hall–Kier alpha value is -15.9. The van der Waals surface area contributed by atoms with Crippen molar-refractivity contribution in [1.82, 2.24) is 43.4 Å². The molecular formula is C103H95F9N16O13. The van der Waals surface area contributed by atoms with E-state index in [1.807, 2.05) is 26.8 Å². The lowest BCUT2D eigenvalue weighted by atomic mass is 9.94. The first-order chi connectivity index (χ1) is 67.0. The van der Waals surface area contributed by atoms with E-state index < -0.39 is 209 Å². The second-order valence-corrected chi connectivity index (χ2v) is 36.2. The van der Waals surface area contributed by atoms with Crippen LogP contribution in [0.4, 0.5) is 73.6 Å². The molecule has 3 saturated heterocycles. The summed E-state index contributed by atoms with van der Waals surface area (Å²) in [5, 5.41) is 51.9. The van der Waals surface area contributed by atoms with Gasteiger partial charge in [-0.1, -0.05) is 86.4 Å². The van der Waals surface area contributed by atoms with Crippen molar-refractivity contribution in [3.05, 3.63) is 265 Å². The molecule has 0 aliphatic carbocycles. The number of aromatic nitrogens is 6. The first kappa shape index (κ1) is 98.1. The molecule has 6 unspecified atom stereocenters. The van der Waals surface area contributed by atoms with Crippen molar-refractivity contribution >= 4 is 102 Å². The number of nitriles is 1. The number of aliphatic hydroxyl groups excluding tert-OH is 1. The number of anilines is 6. The molecule has 0 saturated carbocycles. The van der Waals surface area contributed by atoms with Crippen LogP contribution in [0, 0.1) is 63.7 Å². The highest BCUT2D eigenvalue weighted by Gasteiger charge is 2.52. The zero-order valence-electron chi connectivity index (χ0n) is 78.6. The molecule has 38 heteroatoms. The quantitative estimate of drug-likeness (QED) is 0.0580. The summed E-state index contributed by atoms with van der Waals surface area (Å²) in [7, 11) is 4.13. The summed E-state index contributed by atoms with van der Waals surface area (Å²) in [6.45, 7) is 27.8. The number of hydrogen-bond donors (Lipinski definition) is 4. The number of phenolic OH excluding ortho intramolecular Hbond substituents is 3. The van der Waals surface area contributed by atoms with Gasteiger partial charge >= 0.3 is 0 Å². The molecule has 6 aliphatic rings. The number of aliphatic hydroxyl groups is 1. The van der Waals surface area contributed by atoms with Gasteiger partial charge in [0, 0.05) is 99.2 Å². The van der Waals surface area contributed by atoms with Crippen molar-refractivity contribution in [3.8, 4) is 73.8 Å². The number of nitrogens with zero attached hydrogens (tertiary/aromatic N) is 16. The maximum atomic E-state index is 17.3. The topological polar surface area (TPSA) is 341 Å². The second-order valence-electron chi connectivity index (χ2n) is 36.2. The molecular weight excluding hydrogens is 1840 g/mol. The van der Waals surface area contributed by atoms with E-state index in [9.17, 15) is 68.8 Å². The van der Waals surface area contributed by atoms with Gasteiger partial charge in [-0.25, -0.2) is 39.5 Å². The highest BCUT2D eigenvalue weighted by molar-refractivity contribution is 6.16. The summed E-state index contributed by atoms with van der Waals surface area (Å²) in [5.41, 5.74) is -7.12. The summed E-state index contributed by atoms with van der Waals surface area (Å²) in [6, 6.07) is 14.6. The Morgan fingerprint density at radius 3 is 0.972 bits per heavy atom. The Morgan fingerprint density at radius 2 is 0.695 bits per heavy atom. The number of carbonyl (C=O) groups excluding carboxylic acids is 6. The van der Waals surface area contributed by atoms with Gasteiger partial charge in [0.05, 0.1) is 133 Å². The van der Waals surface area contributed by atoms with E-state index in [1.54, 1.807) is 75.4 Å². The number of hydrogen-bond acceptors (Lipinski definition) is 20. The lowest BCUT2D eigenvalue weighted by Gasteiger charge is -2.50. The summed E-state index contributed by atoms with van der Waals surface area (Å²) in [4.78, 5) is 150. The van der Waals surface area contributed by atoms with E-state index in [-0.39, 0.29) is 147 Å². The van der Waals surface area contributed by atoms with Crippen LogP contribution < -0.4 is 46.1 Å². The Kier molecular flexibility index (Phi) is 26.0. The third-order valence-corrected chi connectivity index (χ3v) is 26.9. The average Bonchev–Trinajstić information content (AvgIpc) is 0.704. The molecule has 0 bridgehead atoms. The molecule has 6 aliphatic heterocycles. The van der Waals surface area contributed by atoms with Gasteiger partial charge in [-0.2, -0.15) is 5.26 Å². The Bertz CT molecular complexity index is 7320. The first-order valence-corrected chi connectivity index (χ1v) is 45.1. The van der Waals surface area contributed by atoms with Crippen LogP contribution in [0.25, 0.3) is 83.2 Å². The molecule has 6 amide bonds. The molecule has 141 heavy (non-hydrogen) atoms. The first-order valence-electron chi connectivity index (χ1n) is 45.1. The molecule has 12 aromatic rings. The minimum Gasteiger partial charge on any atom is -0.507 e. The standard InChI is InChI=1S/C35H34F3N5O4.C34H29F3N6O4.C34H32F3N5O5/c1-7-19-12-13-39-29(17(3)4)30(19)43-31-20(14-22(37)27(28(31)38)26-21(36)10-9-11-24(26)44)32-33(35(43)47)40(6)34(46)23-16-41(25(45)8-2)18(5)15-42(23)32;1-6-24(45)41-15-22-33(46)40(5)32-31(42(22)14-17(41)4)19-12-21(36)26(25-20(35)8-7-9-23(25)44)27(37)30(19)43(34(32)47)29-18(13-38)10-11-39-28(29)16(2)3;1-6-24(45)40-14-22-33(46)39(5)32-31(41(22)13-17(40)4)19-12-21(36)26(25-20(35)8-7-9-23(25)44)27(37)30(19)42(34(32)47)29-18(15-43)10-11-38-28(29)16(2)3/h8-14,17-18,23,44H,2,7,15-16H2,1,3-6H3;6-12,16-17,22,44H,1,14-15H2,2-5H3;6-12,16-17,22,43-44H,1,13-15H2,2-5H3. The maximum Gasteiger partial charge on any atom is 0.281 e. The van der Waals surface area contributed by atoms with Crippen molar-refractivity contribution in [2.45, 2.75) is 136 Å². The molecule has 3 fully saturated rings. The molecule has 29 nitrogen and oxygen atoms in total. The number of piperazine rings is 3. The van der Waals surface area contributed by atoms with Crippen LogP contribution in [0.2, 0.25) is 0 Å². The van der Waals surface area contributed by atoms with E-state index in [2.05, 4.69) is 34.7 Å². The van der Waals surface area contributed by atoms with Gasteiger partial charge in [-0.3, -0.25) is 71.8 Å². The largest absolute Gasteiger partial charge is 0.507 e. The van der Waals surface area contributed by atoms with Crippen LogP contribution in [-0.4, -0.2) is 196 Å². The van der Waals surface area contributed by atoms with Gasteiger partial charge in [0.2, 0.25) is 17.7 Å². The lowest BCUT2D eigenvalue weighted by molar-refractivity contribution is -0.132. The van der Waals surface area contributed by atoms with Gasteiger partial charge in [-0.15, -0.1) is 0 Å². The number of rotatable bonds is 14. The average molecular weight is 1940 g/mol. The minimum atomic E-state index is -1.38. The van der Waals surface area contributed by atoms with Crippen LogP contribution in [0.1, 0.15) is 121 Å². The van der Waals surface area contributed by atoms with E-state index >= 15 is 39.5 Å². The van der Waals surface area contributed by atoms with Crippen LogP contribution in [0.5, 0.6) is 17.2 Å². The summed E-state index contributed by atoms with van der Waals surface area (Å²) >= 11 is 0. The van der Waals surface area contributed by atoms with Gasteiger partial charge in [-0.05, 0) is 142 Å².